The van der Waals surface area contributed by atoms with Crippen LogP contribution in [0.25, 0.3) is 10.4 Å². The molecule has 218 valence electrons. The molecule has 3 aromatic rings. The minimum atomic E-state index is -2.89. The second-order valence-electron chi connectivity index (χ2n) is 8.35. The molecular formula is C31H41F3N3OPS. The Morgan fingerprint density at radius 1 is 1.12 bits per heavy atom. The van der Waals surface area contributed by atoms with E-state index in [1.807, 2.05) is 40.0 Å². The number of nitrogens with one attached hydrogen (secondary N) is 2. The molecule has 0 spiro atoms. The summed E-state index contributed by atoms with van der Waals surface area (Å²) in [6, 6.07) is 12.6. The van der Waals surface area contributed by atoms with Gasteiger partial charge in [0.1, 0.15) is 13.0 Å². The number of allylic oxidation sites excluding steroid dienone is 3. The van der Waals surface area contributed by atoms with Crippen molar-refractivity contribution in [3.63, 3.8) is 0 Å². The number of nitrogens with zero attached hydrogens (tertiary/aromatic N) is 1. The number of alkyl halides is 3. The van der Waals surface area contributed by atoms with E-state index in [1.165, 1.54) is 18.2 Å². The Bertz CT molecular complexity index is 1190. The SMILES string of the molecule is C/C=C\Cc1nc(NCCCc2ccc(C(F)(F)P)cc2)sc1-c1ccc(NC)c(CC=O)c1.C=CCF.CC. The van der Waals surface area contributed by atoms with Gasteiger partial charge < -0.3 is 15.4 Å². The molecule has 0 bridgehead atoms. The van der Waals surface area contributed by atoms with Gasteiger partial charge >= 0.3 is 0 Å². The first-order chi connectivity index (χ1) is 19.3. The molecule has 0 aliphatic carbocycles. The van der Waals surface area contributed by atoms with Crippen molar-refractivity contribution < 1.29 is 18.0 Å². The van der Waals surface area contributed by atoms with Crippen molar-refractivity contribution in [3.05, 3.63) is 89.7 Å². The summed E-state index contributed by atoms with van der Waals surface area (Å²) in [6.07, 6.45) is 8.95. The smallest absolute Gasteiger partial charge is 0.283 e. The number of halogens is 3. The number of aldehydes is 1. The van der Waals surface area contributed by atoms with Gasteiger partial charge in [0.2, 0.25) is 0 Å². The van der Waals surface area contributed by atoms with Gasteiger partial charge in [0.25, 0.3) is 5.66 Å². The number of aryl methyl sites for hydroxylation is 1. The summed E-state index contributed by atoms with van der Waals surface area (Å²) in [6.45, 7) is 9.40. The number of thiazole rings is 1. The number of benzene rings is 2. The van der Waals surface area contributed by atoms with E-state index in [0.29, 0.717) is 6.42 Å². The molecule has 3 rings (SSSR count). The van der Waals surface area contributed by atoms with Gasteiger partial charge in [-0.25, -0.2) is 9.37 Å². The standard InChI is InChI=1S/C26H30F2N3OPS.C3H5F.C2H6/c1-3-4-7-23-24(20-10-13-22(29-2)19(17-20)14-16-32)34-25(31-23)30-15-5-6-18-8-11-21(12-9-18)26(27,28)33;1-2-3-4;1-2/h3-4,8-13,16-17,29H,5-7,14-15,33H2,1-2H3,(H,30,31);2H,1,3H2;1-2H3/b4-3-;;. The predicted molar refractivity (Wildman–Crippen MR) is 170 cm³/mol. The summed E-state index contributed by atoms with van der Waals surface area (Å²) in [4.78, 5) is 17.0. The summed E-state index contributed by atoms with van der Waals surface area (Å²) in [5, 5.41) is 7.40. The van der Waals surface area contributed by atoms with E-state index in [1.54, 1.807) is 32.7 Å². The molecule has 2 N–H and O–H groups in total. The van der Waals surface area contributed by atoms with E-state index in [-0.39, 0.29) is 5.56 Å². The first kappa shape index (κ1) is 35.1. The van der Waals surface area contributed by atoms with Crippen LogP contribution in [0.1, 0.15) is 49.6 Å². The number of carbonyl (C=O) groups excluding carboxylic acids is 1. The van der Waals surface area contributed by atoms with Crippen molar-refractivity contribution in [1.29, 1.82) is 0 Å². The van der Waals surface area contributed by atoms with Crippen LogP contribution >= 0.6 is 20.6 Å². The molecule has 40 heavy (non-hydrogen) atoms. The van der Waals surface area contributed by atoms with Gasteiger partial charge in [-0.2, -0.15) is 8.78 Å². The molecule has 4 nitrogen and oxygen atoms in total. The zero-order valence-corrected chi connectivity index (χ0v) is 25.7. The molecule has 1 heterocycles. The van der Waals surface area contributed by atoms with Gasteiger partial charge in [0.05, 0.1) is 10.6 Å². The predicted octanol–water partition coefficient (Wildman–Crippen LogP) is 8.85. The van der Waals surface area contributed by atoms with Crippen molar-refractivity contribution in [2.24, 2.45) is 0 Å². The number of hydrogen-bond acceptors (Lipinski definition) is 5. The van der Waals surface area contributed by atoms with Crippen LogP contribution in [0.4, 0.5) is 24.0 Å². The lowest BCUT2D eigenvalue weighted by molar-refractivity contribution is -0.107. The highest BCUT2D eigenvalue weighted by molar-refractivity contribution is 7.19. The number of hydrogen-bond donors (Lipinski definition) is 2. The first-order valence-corrected chi connectivity index (χ1v) is 14.7. The van der Waals surface area contributed by atoms with E-state index >= 15 is 0 Å². The molecule has 0 saturated heterocycles. The summed E-state index contributed by atoms with van der Waals surface area (Å²) in [5.74, 6) is 0. The molecule has 0 aliphatic heterocycles. The fourth-order valence-electron chi connectivity index (χ4n) is 3.64. The molecule has 1 aromatic heterocycles. The maximum Gasteiger partial charge on any atom is 0.283 e. The Kier molecular flexibility index (Phi) is 16.8. The molecule has 2 aromatic carbocycles. The van der Waals surface area contributed by atoms with Crippen LogP contribution in [0.3, 0.4) is 0 Å². The minimum Gasteiger partial charge on any atom is -0.388 e. The Hall–Kier alpha value is -2.96. The summed E-state index contributed by atoms with van der Waals surface area (Å²) >= 11 is 1.60. The maximum atomic E-state index is 13.3. The van der Waals surface area contributed by atoms with E-state index in [4.69, 9.17) is 4.98 Å². The third kappa shape index (κ3) is 11.6. The number of aromatic nitrogens is 1. The quantitative estimate of drug-likeness (QED) is 0.0903. The largest absolute Gasteiger partial charge is 0.388 e. The fraction of sp³-hybridized carbons (Fsp3) is 0.355. The highest BCUT2D eigenvalue weighted by Crippen LogP contribution is 2.36. The van der Waals surface area contributed by atoms with Crippen molar-refractivity contribution >= 4 is 37.7 Å². The lowest BCUT2D eigenvalue weighted by Gasteiger charge is -2.11. The van der Waals surface area contributed by atoms with Crippen LogP contribution in [-0.4, -0.2) is 31.5 Å². The average molecular weight is 592 g/mol. The second kappa shape index (κ2) is 19.2. The monoisotopic (exact) mass is 591 g/mol. The molecule has 1 atom stereocenters. The number of anilines is 2. The highest BCUT2D eigenvalue weighted by Gasteiger charge is 2.23. The Labute approximate surface area is 243 Å². The second-order valence-corrected chi connectivity index (χ2v) is 10.1. The van der Waals surface area contributed by atoms with Crippen LogP contribution in [0, 0.1) is 0 Å². The van der Waals surface area contributed by atoms with Gasteiger partial charge in [-0.15, -0.1) is 6.58 Å². The number of carbonyl (C=O) groups is 1. The molecule has 0 radical (unpaired) electrons. The number of rotatable bonds is 13. The van der Waals surface area contributed by atoms with Gasteiger partial charge in [-0.1, -0.05) is 83.0 Å². The van der Waals surface area contributed by atoms with Crippen molar-refractivity contribution in [1.82, 2.24) is 4.98 Å². The summed E-state index contributed by atoms with van der Waals surface area (Å²) in [5.41, 5.74) is 2.08. The van der Waals surface area contributed by atoms with E-state index < -0.39 is 12.3 Å². The fourth-order valence-corrected chi connectivity index (χ4v) is 4.85. The first-order valence-electron chi connectivity index (χ1n) is 13.3. The molecular weight excluding hydrogens is 550 g/mol. The van der Waals surface area contributed by atoms with Crippen LogP contribution in [-0.2, 0) is 29.7 Å². The van der Waals surface area contributed by atoms with Gasteiger partial charge in [-0.3, -0.25) is 0 Å². The van der Waals surface area contributed by atoms with Gasteiger partial charge in [0, 0.05) is 37.7 Å². The minimum absolute atomic E-state index is 0.00222. The Balaban J connectivity index is 0.00000122. The summed E-state index contributed by atoms with van der Waals surface area (Å²) < 4.78 is 37.3. The average Bonchev–Trinajstić information content (AvgIpc) is 3.38. The third-order valence-electron chi connectivity index (χ3n) is 5.55. The van der Waals surface area contributed by atoms with Crippen molar-refractivity contribution in [3.8, 4) is 10.4 Å². The molecule has 0 amide bonds. The third-order valence-corrected chi connectivity index (χ3v) is 6.99. The topological polar surface area (TPSA) is 54.0 Å². The Morgan fingerprint density at radius 2 is 1.80 bits per heavy atom. The molecule has 0 saturated carbocycles. The van der Waals surface area contributed by atoms with E-state index in [9.17, 15) is 18.0 Å². The molecule has 1 unspecified atom stereocenters. The lowest BCUT2D eigenvalue weighted by Crippen LogP contribution is -2.04. The molecule has 9 heteroatoms. The van der Waals surface area contributed by atoms with Crippen LogP contribution in [0.15, 0.2) is 67.3 Å². The van der Waals surface area contributed by atoms with Gasteiger partial charge in [0.15, 0.2) is 5.13 Å². The zero-order chi connectivity index (χ0) is 30.0. The molecule has 0 aliphatic rings. The maximum absolute atomic E-state index is 13.3. The van der Waals surface area contributed by atoms with E-state index in [0.717, 1.165) is 70.2 Å². The van der Waals surface area contributed by atoms with Gasteiger partial charge in [-0.05, 0) is 48.6 Å². The van der Waals surface area contributed by atoms with Crippen molar-refractivity contribution in [2.75, 3.05) is 30.9 Å². The zero-order valence-electron chi connectivity index (χ0n) is 23.8. The summed E-state index contributed by atoms with van der Waals surface area (Å²) in [7, 11) is 3.42. The van der Waals surface area contributed by atoms with Crippen LogP contribution in [0.2, 0.25) is 0 Å². The normalized spacial score (nSPS) is 10.7. The van der Waals surface area contributed by atoms with Crippen LogP contribution < -0.4 is 10.6 Å². The Morgan fingerprint density at radius 3 is 2.35 bits per heavy atom. The lowest BCUT2D eigenvalue weighted by atomic mass is 10.0. The molecule has 0 fully saturated rings. The van der Waals surface area contributed by atoms with Crippen molar-refractivity contribution in [2.45, 2.75) is 52.1 Å². The van der Waals surface area contributed by atoms with E-state index in [2.05, 4.69) is 35.4 Å². The van der Waals surface area contributed by atoms with Crippen LogP contribution in [0.5, 0.6) is 0 Å². The highest BCUT2D eigenvalue weighted by atomic mass is 32.1.